The molecule has 0 aliphatic rings. The molecule has 0 saturated carbocycles. The first kappa shape index (κ1) is 19.6. The van der Waals surface area contributed by atoms with E-state index in [2.05, 4.69) is 5.32 Å². The Morgan fingerprint density at radius 2 is 1.79 bits per heavy atom. The van der Waals surface area contributed by atoms with E-state index in [4.69, 9.17) is 9.52 Å². The third-order valence-electron chi connectivity index (χ3n) is 4.32. The SMILES string of the molecule is Cc1ccc(NC(=O)C(C#N)=Cc2ccc(-c3ccc(C(=O)O)cc3)o2)c(C)c1. The Morgan fingerprint density at radius 1 is 1.07 bits per heavy atom. The number of anilines is 1. The van der Waals surface area contributed by atoms with Gasteiger partial charge >= 0.3 is 5.97 Å². The predicted molar refractivity (Wildman–Crippen MR) is 109 cm³/mol. The van der Waals surface area contributed by atoms with Crippen LogP contribution in [-0.4, -0.2) is 17.0 Å². The van der Waals surface area contributed by atoms with E-state index in [9.17, 15) is 14.9 Å². The molecule has 0 bridgehead atoms. The molecule has 6 nitrogen and oxygen atoms in total. The van der Waals surface area contributed by atoms with Crippen LogP contribution in [0.1, 0.15) is 27.2 Å². The van der Waals surface area contributed by atoms with Gasteiger partial charge in [-0.25, -0.2) is 4.79 Å². The highest BCUT2D eigenvalue weighted by atomic mass is 16.4. The first-order valence-corrected chi connectivity index (χ1v) is 8.81. The molecule has 2 N–H and O–H groups in total. The Labute approximate surface area is 167 Å². The molecule has 0 unspecified atom stereocenters. The summed E-state index contributed by atoms with van der Waals surface area (Å²) in [5.74, 6) is -0.689. The number of carboxylic acids is 1. The van der Waals surface area contributed by atoms with E-state index in [1.165, 1.54) is 18.2 Å². The second-order valence-corrected chi connectivity index (χ2v) is 6.53. The summed E-state index contributed by atoms with van der Waals surface area (Å²) in [4.78, 5) is 23.4. The van der Waals surface area contributed by atoms with E-state index >= 15 is 0 Å². The van der Waals surface area contributed by atoms with Crippen molar-refractivity contribution in [3.8, 4) is 17.4 Å². The minimum absolute atomic E-state index is 0.0906. The van der Waals surface area contributed by atoms with Gasteiger partial charge in [0.15, 0.2) is 0 Å². The summed E-state index contributed by atoms with van der Waals surface area (Å²) in [6.07, 6.45) is 1.37. The Kier molecular flexibility index (Phi) is 5.61. The van der Waals surface area contributed by atoms with Crippen LogP contribution in [0.5, 0.6) is 0 Å². The maximum atomic E-state index is 12.5. The smallest absolute Gasteiger partial charge is 0.335 e. The lowest BCUT2D eigenvalue weighted by molar-refractivity contribution is -0.112. The molecule has 1 heterocycles. The monoisotopic (exact) mass is 386 g/mol. The molecule has 144 valence electrons. The highest BCUT2D eigenvalue weighted by Gasteiger charge is 2.13. The number of aromatic carboxylic acids is 1. The number of amides is 1. The zero-order valence-electron chi connectivity index (χ0n) is 15.9. The van der Waals surface area contributed by atoms with Gasteiger partial charge in [-0.2, -0.15) is 5.26 Å². The molecule has 3 aromatic rings. The van der Waals surface area contributed by atoms with Crippen LogP contribution < -0.4 is 5.32 Å². The van der Waals surface area contributed by atoms with Crippen molar-refractivity contribution in [2.45, 2.75) is 13.8 Å². The van der Waals surface area contributed by atoms with Crippen LogP contribution in [0.15, 0.2) is 64.6 Å². The maximum absolute atomic E-state index is 12.5. The molecule has 6 heteroatoms. The number of nitriles is 1. The van der Waals surface area contributed by atoms with Crippen LogP contribution in [0.4, 0.5) is 5.69 Å². The lowest BCUT2D eigenvalue weighted by Crippen LogP contribution is -2.14. The topological polar surface area (TPSA) is 103 Å². The van der Waals surface area contributed by atoms with Crippen LogP contribution >= 0.6 is 0 Å². The second kappa shape index (κ2) is 8.28. The van der Waals surface area contributed by atoms with Crippen LogP contribution in [0.2, 0.25) is 0 Å². The summed E-state index contributed by atoms with van der Waals surface area (Å²) in [6, 6.07) is 17.1. The van der Waals surface area contributed by atoms with Crippen molar-refractivity contribution in [2.75, 3.05) is 5.32 Å². The molecule has 1 amide bonds. The van der Waals surface area contributed by atoms with Crippen LogP contribution in [0.25, 0.3) is 17.4 Å². The van der Waals surface area contributed by atoms with Gasteiger partial charge in [0.25, 0.3) is 5.91 Å². The van der Waals surface area contributed by atoms with Gasteiger partial charge < -0.3 is 14.8 Å². The van der Waals surface area contributed by atoms with Crippen LogP contribution in [0, 0.1) is 25.2 Å². The highest BCUT2D eigenvalue weighted by molar-refractivity contribution is 6.09. The van der Waals surface area contributed by atoms with Crippen molar-refractivity contribution in [1.82, 2.24) is 0 Å². The van der Waals surface area contributed by atoms with E-state index in [0.717, 1.165) is 11.1 Å². The number of carboxylic acid groups (broad SMARTS) is 1. The third kappa shape index (κ3) is 4.60. The third-order valence-corrected chi connectivity index (χ3v) is 4.32. The minimum atomic E-state index is -1.01. The summed E-state index contributed by atoms with van der Waals surface area (Å²) in [6.45, 7) is 3.84. The van der Waals surface area contributed by atoms with Crippen molar-refractivity contribution < 1.29 is 19.1 Å². The van der Waals surface area contributed by atoms with Gasteiger partial charge in [-0.1, -0.05) is 29.8 Å². The molecule has 0 aliphatic heterocycles. The number of benzene rings is 2. The molecule has 0 radical (unpaired) electrons. The quantitative estimate of drug-likeness (QED) is 0.484. The van der Waals surface area contributed by atoms with E-state index in [1.807, 2.05) is 32.0 Å². The normalized spacial score (nSPS) is 11.0. The Hall–Kier alpha value is -4.11. The zero-order valence-corrected chi connectivity index (χ0v) is 15.9. The molecule has 3 rings (SSSR count). The van der Waals surface area contributed by atoms with Crippen LogP contribution in [-0.2, 0) is 4.79 Å². The number of rotatable bonds is 5. The van der Waals surface area contributed by atoms with E-state index in [-0.39, 0.29) is 11.1 Å². The number of aryl methyl sites for hydroxylation is 2. The van der Waals surface area contributed by atoms with Gasteiger partial charge in [0.1, 0.15) is 23.2 Å². The van der Waals surface area contributed by atoms with E-state index in [1.54, 1.807) is 30.3 Å². The first-order chi connectivity index (χ1) is 13.9. The van der Waals surface area contributed by atoms with E-state index < -0.39 is 11.9 Å². The number of furan rings is 1. The average molecular weight is 386 g/mol. The molecule has 0 atom stereocenters. The van der Waals surface area contributed by atoms with Gasteiger partial charge in [0, 0.05) is 17.3 Å². The summed E-state index contributed by atoms with van der Waals surface area (Å²) >= 11 is 0. The lowest BCUT2D eigenvalue weighted by Gasteiger charge is -2.08. The van der Waals surface area contributed by atoms with Gasteiger partial charge in [0.05, 0.1) is 5.56 Å². The highest BCUT2D eigenvalue weighted by Crippen LogP contribution is 2.24. The number of nitrogens with one attached hydrogen (secondary N) is 1. The number of carbonyl (C=O) groups excluding carboxylic acids is 1. The van der Waals surface area contributed by atoms with Crippen molar-refractivity contribution in [1.29, 1.82) is 5.26 Å². The Morgan fingerprint density at radius 3 is 2.41 bits per heavy atom. The molecule has 0 spiro atoms. The number of carbonyl (C=O) groups is 2. The Bertz CT molecular complexity index is 1150. The lowest BCUT2D eigenvalue weighted by atomic mass is 10.1. The van der Waals surface area contributed by atoms with E-state index in [0.29, 0.717) is 22.8 Å². The molecule has 1 aromatic heterocycles. The van der Waals surface area contributed by atoms with Crippen molar-refractivity contribution in [3.05, 3.63) is 82.6 Å². The summed E-state index contributed by atoms with van der Waals surface area (Å²) in [5.41, 5.74) is 3.40. The van der Waals surface area contributed by atoms with Gasteiger partial charge in [-0.05, 0) is 49.7 Å². The summed E-state index contributed by atoms with van der Waals surface area (Å²) in [5, 5.41) is 21.1. The zero-order chi connectivity index (χ0) is 21.0. The molecule has 0 fully saturated rings. The average Bonchev–Trinajstić information content (AvgIpc) is 3.17. The minimum Gasteiger partial charge on any atom is -0.478 e. The number of hydrogen-bond acceptors (Lipinski definition) is 4. The number of nitrogens with zero attached hydrogens (tertiary/aromatic N) is 1. The second-order valence-electron chi connectivity index (χ2n) is 6.53. The molecule has 2 aromatic carbocycles. The molecule has 0 saturated heterocycles. The molecule has 0 aliphatic carbocycles. The molecular formula is C23H18N2O4. The summed E-state index contributed by atoms with van der Waals surface area (Å²) < 4.78 is 5.69. The van der Waals surface area contributed by atoms with Crippen molar-refractivity contribution >= 4 is 23.6 Å². The fourth-order valence-corrected chi connectivity index (χ4v) is 2.80. The first-order valence-electron chi connectivity index (χ1n) is 8.81. The number of hydrogen-bond donors (Lipinski definition) is 2. The predicted octanol–water partition coefficient (Wildman–Crippen LogP) is 4.81. The largest absolute Gasteiger partial charge is 0.478 e. The van der Waals surface area contributed by atoms with Crippen molar-refractivity contribution in [3.63, 3.8) is 0 Å². The van der Waals surface area contributed by atoms with Gasteiger partial charge in [-0.15, -0.1) is 0 Å². The fraction of sp³-hybridized carbons (Fsp3) is 0.0870. The standard InChI is InChI=1S/C23H18N2O4/c1-14-3-9-20(15(2)11-14)25-22(26)18(13-24)12-19-8-10-21(29-19)16-4-6-17(7-5-16)23(27)28/h3-12H,1-2H3,(H,25,26)(H,27,28). The van der Waals surface area contributed by atoms with Gasteiger partial charge in [0.2, 0.25) is 0 Å². The summed E-state index contributed by atoms with van der Waals surface area (Å²) in [7, 11) is 0. The maximum Gasteiger partial charge on any atom is 0.335 e. The van der Waals surface area contributed by atoms with Crippen molar-refractivity contribution in [2.24, 2.45) is 0 Å². The Balaban J connectivity index is 1.80. The van der Waals surface area contributed by atoms with Crippen LogP contribution in [0.3, 0.4) is 0 Å². The molecule has 29 heavy (non-hydrogen) atoms. The fourth-order valence-electron chi connectivity index (χ4n) is 2.80. The van der Waals surface area contributed by atoms with Gasteiger partial charge in [-0.3, -0.25) is 4.79 Å². The molecular weight excluding hydrogens is 368 g/mol.